The lowest BCUT2D eigenvalue weighted by Crippen LogP contribution is -2.40. The Balaban J connectivity index is 1.83. The van der Waals surface area contributed by atoms with Crippen LogP contribution < -0.4 is 5.32 Å². The van der Waals surface area contributed by atoms with Crippen LogP contribution in [0.2, 0.25) is 0 Å². The van der Waals surface area contributed by atoms with Gasteiger partial charge in [-0.3, -0.25) is 4.68 Å². The van der Waals surface area contributed by atoms with Gasteiger partial charge in [0.15, 0.2) is 0 Å². The molecule has 0 radical (unpaired) electrons. The van der Waals surface area contributed by atoms with E-state index in [9.17, 15) is 0 Å². The van der Waals surface area contributed by atoms with Crippen LogP contribution in [-0.4, -0.2) is 26.8 Å². The summed E-state index contributed by atoms with van der Waals surface area (Å²) in [6.45, 7) is 3.22. The summed E-state index contributed by atoms with van der Waals surface area (Å²) in [5.41, 5.74) is 1.29. The van der Waals surface area contributed by atoms with Crippen molar-refractivity contribution in [3.05, 3.63) is 18.0 Å². The SMILES string of the molecule is CCS[C@@H]1CCCC[C@H]1NCc1cnn(C)c1. The van der Waals surface area contributed by atoms with E-state index in [4.69, 9.17) is 0 Å². The summed E-state index contributed by atoms with van der Waals surface area (Å²) in [7, 11) is 1.97. The van der Waals surface area contributed by atoms with Crippen molar-refractivity contribution in [1.82, 2.24) is 15.1 Å². The molecule has 1 saturated carbocycles. The second-order valence-corrected chi connectivity index (χ2v) is 6.30. The third-order valence-electron chi connectivity index (χ3n) is 3.41. The zero-order valence-corrected chi connectivity index (χ0v) is 11.7. The first-order chi connectivity index (χ1) is 8.29. The third-order valence-corrected chi connectivity index (χ3v) is 4.74. The lowest BCUT2D eigenvalue weighted by molar-refractivity contribution is 0.383. The van der Waals surface area contributed by atoms with Gasteiger partial charge in [0.1, 0.15) is 0 Å². The van der Waals surface area contributed by atoms with Crippen molar-refractivity contribution in [2.24, 2.45) is 7.05 Å². The molecule has 1 N–H and O–H groups in total. The van der Waals surface area contributed by atoms with E-state index in [0.717, 1.165) is 11.8 Å². The highest BCUT2D eigenvalue weighted by atomic mass is 32.2. The Morgan fingerprint density at radius 2 is 2.29 bits per heavy atom. The summed E-state index contributed by atoms with van der Waals surface area (Å²) in [4.78, 5) is 0. The molecule has 1 aromatic heterocycles. The van der Waals surface area contributed by atoms with E-state index < -0.39 is 0 Å². The number of rotatable bonds is 5. The Morgan fingerprint density at radius 1 is 1.47 bits per heavy atom. The van der Waals surface area contributed by atoms with Crippen LogP contribution in [0.3, 0.4) is 0 Å². The quantitative estimate of drug-likeness (QED) is 0.874. The Labute approximate surface area is 108 Å². The summed E-state index contributed by atoms with van der Waals surface area (Å²) < 4.78 is 1.87. The fourth-order valence-corrected chi connectivity index (χ4v) is 3.78. The molecule has 96 valence electrons. The van der Waals surface area contributed by atoms with E-state index in [2.05, 4.69) is 35.3 Å². The van der Waals surface area contributed by atoms with E-state index in [1.807, 2.05) is 17.9 Å². The zero-order valence-electron chi connectivity index (χ0n) is 10.9. The van der Waals surface area contributed by atoms with E-state index in [1.54, 1.807) is 0 Å². The van der Waals surface area contributed by atoms with Crippen LogP contribution in [0.25, 0.3) is 0 Å². The first kappa shape index (κ1) is 13.0. The van der Waals surface area contributed by atoms with Gasteiger partial charge in [0.2, 0.25) is 0 Å². The van der Waals surface area contributed by atoms with Gasteiger partial charge in [-0.25, -0.2) is 0 Å². The number of aromatic nitrogens is 2. The largest absolute Gasteiger partial charge is 0.309 e. The van der Waals surface area contributed by atoms with Crippen LogP contribution in [0.1, 0.15) is 38.2 Å². The lowest BCUT2D eigenvalue weighted by Gasteiger charge is -2.31. The minimum absolute atomic E-state index is 0.689. The second kappa shape index (κ2) is 6.45. The van der Waals surface area contributed by atoms with Gasteiger partial charge in [0, 0.05) is 36.6 Å². The third kappa shape index (κ3) is 3.75. The van der Waals surface area contributed by atoms with Crippen LogP contribution in [0.4, 0.5) is 0 Å². The minimum atomic E-state index is 0.689. The average Bonchev–Trinajstić information content (AvgIpc) is 2.74. The van der Waals surface area contributed by atoms with E-state index >= 15 is 0 Å². The van der Waals surface area contributed by atoms with Crippen molar-refractivity contribution in [3.63, 3.8) is 0 Å². The van der Waals surface area contributed by atoms with Crippen LogP contribution in [0, 0.1) is 0 Å². The predicted molar refractivity (Wildman–Crippen MR) is 74.2 cm³/mol. The second-order valence-electron chi connectivity index (χ2n) is 4.79. The van der Waals surface area contributed by atoms with Crippen molar-refractivity contribution in [2.75, 3.05) is 5.75 Å². The molecule has 0 saturated heterocycles. The molecule has 3 nitrogen and oxygen atoms in total. The maximum atomic E-state index is 4.21. The van der Waals surface area contributed by atoms with Gasteiger partial charge in [-0.05, 0) is 18.6 Å². The van der Waals surface area contributed by atoms with Gasteiger partial charge in [0.05, 0.1) is 6.20 Å². The standard InChI is InChI=1S/C13H23N3S/c1-3-17-13-7-5-4-6-12(13)14-8-11-9-15-16(2)10-11/h9-10,12-14H,3-8H2,1-2H3/t12-,13-/m1/s1. The number of aryl methyl sites for hydroxylation is 1. The fourth-order valence-electron chi connectivity index (χ4n) is 2.56. The number of hydrogen-bond acceptors (Lipinski definition) is 3. The normalized spacial score (nSPS) is 25.1. The Morgan fingerprint density at radius 3 is 3.00 bits per heavy atom. The summed E-state index contributed by atoms with van der Waals surface area (Å²) in [6.07, 6.45) is 9.55. The molecule has 1 aliphatic carbocycles. The first-order valence-electron chi connectivity index (χ1n) is 6.62. The van der Waals surface area contributed by atoms with Crippen molar-refractivity contribution in [1.29, 1.82) is 0 Å². The monoisotopic (exact) mass is 253 g/mol. The number of thioether (sulfide) groups is 1. The van der Waals surface area contributed by atoms with Gasteiger partial charge in [-0.15, -0.1) is 0 Å². The molecule has 2 rings (SSSR count). The molecule has 1 aromatic rings. The van der Waals surface area contributed by atoms with Gasteiger partial charge >= 0.3 is 0 Å². The first-order valence-corrected chi connectivity index (χ1v) is 7.67. The highest BCUT2D eigenvalue weighted by Crippen LogP contribution is 2.28. The molecular formula is C13H23N3S. The van der Waals surface area contributed by atoms with Crippen LogP contribution in [0.15, 0.2) is 12.4 Å². The highest BCUT2D eigenvalue weighted by molar-refractivity contribution is 7.99. The Bertz CT molecular complexity index is 335. The van der Waals surface area contributed by atoms with E-state index in [-0.39, 0.29) is 0 Å². The molecule has 0 aromatic carbocycles. The smallest absolute Gasteiger partial charge is 0.0534 e. The molecule has 2 atom stereocenters. The van der Waals surface area contributed by atoms with Gasteiger partial charge in [-0.1, -0.05) is 19.8 Å². The van der Waals surface area contributed by atoms with E-state index in [1.165, 1.54) is 37.0 Å². The molecule has 1 heterocycles. The Hall–Kier alpha value is -0.480. The summed E-state index contributed by atoms with van der Waals surface area (Å²) in [5, 5.41) is 8.73. The molecule has 0 bridgehead atoms. The van der Waals surface area contributed by atoms with Gasteiger partial charge in [-0.2, -0.15) is 16.9 Å². The van der Waals surface area contributed by atoms with E-state index in [0.29, 0.717) is 6.04 Å². The molecule has 17 heavy (non-hydrogen) atoms. The highest BCUT2D eigenvalue weighted by Gasteiger charge is 2.24. The molecule has 1 aliphatic rings. The Kier molecular flexibility index (Phi) is 4.92. The maximum Gasteiger partial charge on any atom is 0.0534 e. The zero-order chi connectivity index (χ0) is 12.1. The van der Waals surface area contributed by atoms with Crippen LogP contribution in [-0.2, 0) is 13.6 Å². The lowest BCUT2D eigenvalue weighted by atomic mass is 9.95. The summed E-state index contributed by atoms with van der Waals surface area (Å²) in [6, 6.07) is 0.689. The maximum absolute atomic E-state index is 4.21. The minimum Gasteiger partial charge on any atom is -0.309 e. The topological polar surface area (TPSA) is 29.9 Å². The molecule has 4 heteroatoms. The van der Waals surface area contributed by atoms with Crippen molar-refractivity contribution in [2.45, 2.75) is 50.4 Å². The van der Waals surface area contributed by atoms with Gasteiger partial charge < -0.3 is 5.32 Å². The fraction of sp³-hybridized carbons (Fsp3) is 0.769. The average molecular weight is 253 g/mol. The molecule has 0 unspecified atom stereocenters. The number of nitrogens with zero attached hydrogens (tertiary/aromatic N) is 2. The molecule has 0 aliphatic heterocycles. The van der Waals surface area contributed by atoms with Crippen molar-refractivity contribution >= 4 is 11.8 Å². The van der Waals surface area contributed by atoms with Crippen molar-refractivity contribution in [3.8, 4) is 0 Å². The predicted octanol–water partition coefficient (Wildman–Crippen LogP) is 2.57. The number of nitrogens with one attached hydrogen (secondary N) is 1. The summed E-state index contributed by atoms with van der Waals surface area (Å²) >= 11 is 2.12. The molecule has 0 amide bonds. The van der Waals surface area contributed by atoms with Crippen LogP contribution >= 0.6 is 11.8 Å². The molecule has 0 spiro atoms. The van der Waals surface area contributed by atoms with Crippen molar-refractivity contribution < 1.29 is 0 Å². The van der Waals surface area contributed by atoms with Gasteiger partial charge in [0.25, 0.3) is 0 Å². The molecule has 1 fully saturated rings. The van der Waals surface area contributed by atoms with Crippen LogP contribution in [0.5, 0.6) is 0 Å². The molecular weight excluding hydrogens is 230 g/mol. The number of hydrogen-bond donors (Lipinski definition) is 1. The summed E-state index contributed by atoms with van der Waals surface area (Å²) in [5.74, 6) is 1.23.